The Hall–Kier alpha value is -1.31. The molecule has 0 aromatic carbocycles. The molecule has 0 bridgehead atoms. The molecular formula is C15H24N4. The Morgan fingerprint density at radius 2 is 2.26 bits per heavy atom. The maximum absolute atomic E-state index is 9.07. The summed E-state index contributed by atoms with van der Waals surface area (Å²) in [5.41, 5.74) is 2.05. The Morgan fingerprint density at radius 3 is 2.84 bits per heavy atom. The molecule has 0 N–H and O–H groups in total. The van der Waals surface area contributed by atoms with Crippen molar-refractivity contribution in [1.82, 2.24) is 14.4 Å². The third kappa shape index (κ3) is 3.59. The molecule has 2 rings (SSSR count). The molecule has 1 unspecified atom stereocenters. The SMILES string of the molecule is CCn1cc(CN2CCC(CN(C)C)C2)cc1C#N. The number of nitriles is 1. The molecule has 4 heteroatoms. The molecule has 1 aliphatic rings. The molecule has 1 aromatic rings. The van der Waals surface area contributed by atoms with E-state index in [4.69, 9.17) is 5.26 Å². The molecule has 2 heterocycles. The summed E-state index contributed by atoms with van der Waals surface area (Å²) < 4.78 is 2.03. The number of likely N-dealkylation sites (tertiary alicyclic amines) is 1. The van der Waals surface area contributed by atoms with E-state index < -0.39 is 0 Å². The predicted octanol–water partition coefficient (Wildman–Crippen LogP) is 1.76. The molecule has 0 saturated carbocycles. The van der Waals surface area contributed by atoms with E-state index in [1.807, 2.05) is 10.6 Å². The van der Waals surface area contributed by atoms with Crippen molar-refractivity contribution in [3.05, 3.63) is 23.5 Å². The molecule has 19 heavy (non-hydrogen) atoms. The third-order valence-corrected chi connectivity index (χ3v) is 3.81. The van der Waals surface area contributed by atoms with Gasteiger partial charge in [-0.3, -0.25) is 4.90 Å². The van der Waals surface area contributed by atoms with Crippen LogP contribution in [-0.2, 0) is 13.1 Å². The van der Waals surface area contributed by atoms with Gasteiger partial charge in [-0.15, -0.1) is 0 Å². The first kappa shape index (κ1) is 14.1. The monoisotopic (exact) mass is 260 g/mol. The zero-order valence-corrected chi connectivity index (χ0v) is 12.3. The maximum atomic E-state index is 9.07. The predicted molar refractivity (Wildman–Crippen MR) is 76.8 cm³/mol. The van der Waals surface area contributed by atoms with E-state index in [2.05, 4.69) is 43.1 Å². The molecule has 1 atom stereocenters. The van der Waals surface area contributed by atoms with Gasteiger partial charge >= 0.3 is 0 Å². The molecule has 1 fully saturated rings. The van der Waals surface area contributed by atoms with Crippen LogP contribution in [0.5, 0.6) is 0 Å². The zero-order valence-electron chi connectivity index (χ0n) is 12.3. The van der Waals surface area contributed by atoms with E-state index in [9.17, 15) is 0 Å². The molecular weight excluding hydrogens is 236 g/mol. The molecule has 1 aliphatic heterocycles. The molecule has 4 nitrogen and oxygen atoms in total. The lowest BCUT2D eigenvalue weighted by Gasteiger charge is -2.17. The molecule has 0 amide bonds. The Bertz CT molecular complexity index is 455. The smallest absolute Gasteiger partial charge is 0.120 e. The lowest BCUT2D eigenvalue weighted by Crippen LogP contribution is -2.25. The van der Waals surface area contributed by atoms with Crippen LogP contribution in [0.1, 0.15) is 24.6 Å². The topological polar surface area (TPSA) is 35.2 Å². The molecule has 0 spiro atoms. The maximum Gasteiger partial charge on any atom is 0.120 e. The Balaban J connectivity index is 1.92. The standard InChI is InChI=1S/C15H24N4/c1-4-19-12-14(7-15(19)8-16)11-18-6-5-13(10-18)9-17(2)3/h7,12-13H,4-6,9-11H2,1-3H3. The highest BCUT2D eigenvalue weighted by Crippen LogP contribution is 2.20. The molecule has 1 saturated heterocycles. The number of rotatable bonds is 5. The second-order valence-electron chi connectivity index (χ2n) is 5.78. The highest BCUT2D eigenvalue weighted by Gasteiger charge is 2.23. The van der Waals surface area contributed by atoms with Crippen molar-refractivity contribution < 1.29 is 0 Å². The summed E-state index contributed by atoms with van der Waals surface area (Å²) in [5, 5.41) is 9.07. The average Bonchev–Trinajstić information content (AvgIpc) is 2.95. The minimum atomic E-state index is 0.779. The summed E-state index contributed by atoms with van der Waals surface area (Å²) >= 11 is 0. The number of hydrogen-bond acceptors (Lipinski definition) is 3. The fourth-order valence-corrected chi connectivity index (χ4v) is 2.99. The Morgan fingerprint density at radius 1 is 1.47 bits per heavy atom. The highest BCUT2D eigenvalue weighted by molar-refractivity contribution is 5.28. The lowest BCUT2D eigenvalue weighted by atomic mass is 10.1. The van der Waals surface area contributed by atoms with Crippen molar-refractivity contribution in [1.29, 1.82) is 5.26 Å². The van der Waals surface area contributed by atoms with Crippen LogP contribution < -0.4 is 0 Å². The zero-order chi connectivity index (χ0) is 13.8. The van der Waals surface area contributed by atoms with E-state index in [-0.39, 0.29) is 0 Å². The molecule has 0 radical (unpaired) electrons. The van der Waals surface area contributed by atoms with Gasteiger partial charge < -0.3 is 9.47 Å². The first-order chi connectivity index (χ1) is 9.12. The molecule has 104 valence electrons. The van der Waals surface area contributed by atoms with Crippen LogP contribution in [0.3, 0.4) is 0 Å². The van der Waals surface area contributed by atoms with Gasteiger partial charge in [-0.2, -0.15) is 5.26 Å². The van der Waals surface area contributed by atoms with E-state index in [0.717, 1.165) is 24.7 Å². The minimum absolute atomic E-state index is 0.779. The second kappa shape index (κ2) is 6.23. The van der Waals surface area contributed by atoms with Gasteiger partial charge in [-0.05, 0) is 51.5 Å². The van der Waals surface area contributed by atoms with Gasteiger partial charge in [-0.1, -0.05) is 0 Å². The first-order valence-electron chi connectivity index (χ1n) is 7.08. The minimum Gasteiger partial charge on any atom is -0.339 e. The van der Waals surface area contributed by atoms with E-state index in [0.29, 0.717) is 0 Å². The second-order valence-corrected chi connectivity index (χ2v) is 5.78. The van der Waals surface area contributed by atoms with E-state index in [1.54, 1.807) is 0 Å². The van der Waals surface area contributed by atoms with Gasteiger partial charge in [0.15, 0.2) is 0 Å². The lowest BCUT2D eigenvalue weighted by molar-refractivity contribution is 0.286. The fourth-order valence-electron chi connectivity index (χ4n) is 2.99. The van der Waals surface area contributed by atoms with Gasteiger partial charge in [0.1, 0.15) is 11.8 Å². The highest BCUT2D eigenvalue weighted by atomic mass is 15.2. The third-order valence-electron chi connectivity index (χ3n) is 3.81. The van der Waals surface area contributed by atoms with Crippen molar-refractivity contribution in [3.8, 4) is 6.07 Å². The summed E-state index contributed by atoms with van der Waals surface area (Å²) in [4.78, 5) is 4.78. The van der Waals surface area contributed by atoms with Gasteiger partial charge in [0.2, 0.25) is 0 Å². The Labute approximate surface area is 116 Å². The normalized spacial score (nSPS) is 20.1. The first-order valence-corrected chi connectivity index (χ1v) is 7.08. The van der Waals surface area contributed by atoms with E-state index in [1.165, 1.54) is 31.6 Å². The van der Waals surface area contributed by atoms with Crippen LogP contribution >= 0.6 is 0 Å². The van der Waals surface area contributed by atoms with E-state index >= 15 is 0 Å². The summed E-state index contributed by atoms with van der Waals surface area (Å²) in [6.45, 7) is 7.45. The largest absolute Gasteiger partial charge is 0.339 e. The summed E-state index contributed by atoms with van der Waals surface area (Å²) in [7, 11) is 4.28. The van der Waals surface area contributed by atoms with Crippen molar-refractivity contribution in [3.63, 3.8) is 0 Å². The van der Waals surface area contributed by atoms with Crippen LogP contribution in [0, 0.1) is 17.2 Å². The van der Waals surface area contributed by atoms with Gasteiger partial charge in [0.05, 0.1) is 0 Å². The van der Waals surface area contributed by atoms with Crippen LogP contribution in [0.25, 0.3) is 0 Å². The average molecular weight is 260 g/mol. The number of nitrogens with zero attached hydrogens (tertiary/aromatic N) is 4. The Kier molecular flexibility index (Phi) is 4.62. The fraction of sp³-hybridized carbons (Fsp3) is 0.667. The van der Waals surface area contributed by atoms with Crippen LogP contribution in [-0.4, -0.2) is 48.1 Å². The van der Waals surface area contributed by atoms with Crippen molar-refractivity contribution >= 4 is 0 Å². The van der Waals surface area contributed by atoms with Gasteiger partial charge in [0.25, 0.3) is 0 Å². The quantitative estimate of drug-likeness (QED) is 0.809. The van der Waals surface area contributed by atoms with Crippen LogP contribution in [0.4, 0.5) is 0 Å². The summed E-state index contributed by atoms with van der Waals surface area (Å²) in [6, 6.07) is 4.29. The van der Waals surface area contributed by atoms with Crippen molar-refractivity contribution in [2.24, 2.45) is 5.92 Å². The van der Waals surface area contributed by atoms with Crippen molar-refractivity contribution in [2.75, 3.05) is 33.7 Å². The van der Waals surface area contributed by atoms with Crippen molar-refractivity contribution in [2.45, 2.75) is 26.4 Å². The van der Waals surface area contributed by atoms with Gasteiger partial charge in [-0.25, -0.2) is 0 Å². The number of aryl methyl sites for hydroxylation is 1. The number of aromatic nitrogens is 1. The number of hydrogen-bond donors (Lipinski definition) is 0. The summed E-state index contributed by atoms with van der Waals surface area (Å²) in [5.74, 6) is 0.790. The molecule has 0 aliphatic carbocycles. The van der Waals surface area contributed by atoms with Crippen LogP contribution in [0.2, 0.25) is 0 Å². The summed E-state index contributed by atoms with van der Waals surface area (Å²) in [6.07, 6.45) is 3.41. The van der Waals surface area contributed by atoms with Gasteiger partial charge in [0, 0.05) is 32.4 Å². The van der Waals surface area contributed by atoms with Crippen LogP contribution in [0.15, 0.2) is 12.3 Å². The molecule has 1 aromatic heterocycles.